The van der Waals surface area contributed by atoms with Crippen LogP contribution in [0, 0.1) is 5.92 Å². The van der Waals surface area contributed by atoms with Gasteiger partial charge in [-0.1, -0.05) is 12.1 Å². The van der Waals surface area contributed by atoms with Gasteiger partial charge >= 0.3 is 0 Å². The largest absolute Gasteiger partial charge is 0.488 e. The molecule has 2 rings (SSSR count). The van der Waals surface area contributed by atoms with Crippen molar-refractivity contribution in [2.75, 3.05) is 19.7 Å². The average molecular weight is 298 g/mol. The summed E-state index contributed by atoms with van der Waals surface area (Å²) in [5.41, 5.74) is 0.817. The summed E-state index contributed by atoms with van der Waals surface area (Å²) in [5, 5.41) is 5.89. The fourth-order valence-electron chi connectivity index (χ4n) is 1.88. The summed E-state index contributed by atoms with van der Waals surface area (Å²) < 4.78 is 29.1. The van der Waals surface area contributed by atoms with E-state index in [2.05, 4.69) is 10.6 Å². The van der Waals surface area contributed by atoms with Gasteiger partial charge in [-0.25, -0.2) is 8.78 Å². The van der Waals surface area contributed by atoms with Crippen LogP contribution in [0.5, 0.6) is 5.75 Å². The standard InChI is InChI=1S/C15H20F2N2O2/c16-14(17)10-21-13-3-1-2-12(6-13)8-19-15(20)9-18-7-11-4-5-11/h1-3,6,11,14,18H,4-5,7-10H2,(H,19,20). The van der Waals surface area contributed by atoms with E-state index in [4.69, 9.17) is 4.74 Å². The predicted octanol–water partition coefficient (Wildman–Crippen LogP) is 1.95. The Hall–Kier alpha value is -1.69. The van der Waals surface area contributed by atoms with E-state index in [1.165, 1.54) is 12.8 Å². The van der Waals surface area contributed by atoms with E-state index in [1.54, 1.807) is 18.2 Å². The lowest BCUT2D eigenvalue weighted by molar-refractivity contribution is -0.120. The fraction of sp³-hybridized carbons (Fsp3) is 0.533. The van der Waals surface area contributed by atoms with Crippen LogP contribution in [0.3, 0.4) is 0 Å². The van der Waals surface area contributed by atoms with E-state index in [0.29, 0.717) is 18.8 Å². The highest BCUT2D eigenvalue weighted by molar-refractivity contribution is 5.77. The van der Waals surface area contributed by atoms with Gasteiger partial charge in [0.1, 0.15) is 12.4 Å². The van der Waals surface area contributed by atoms with Gasteiger partial charge in [-0.05, 0) is 43.0 Å². The lowest BCUT2D eigenvalue weighted by atomic mass is 10.2. The third-order valence-corrected chi connectivity index (χ3v) is 3.18. The van der Waals surface area contributed by atoms with Gasteiger partial charge in [-0.15, -0.1) is 0 Å². The summed E-state index contributed by atoms with van der Waals surface area (Å²) in [5.74, 6) is 1.05. The average Bonchev–Trinajstić information content (AvgIpc) is 3.28. The van der Waals surface area contributed by atoms with E-state index in [1.807, 2.05) is 6.07 Å². The molecule has 6 heteroatoms. The summed E-state index contributed by atoms with van der Waals surface area (Å²) in [4.78, 5) is 11.6. The van der Waals surface area contributed by atoms with Crippen molar-refractivity contribution >= 4 is 5.91 Å². The van der Waals surface area contributed by atoms with E-state index in [0.717, 1.165) is 18.0 Å². The zero-order valence-electron chi connectivity index (χ0n) is 11.8. The number of nitrogens with one attached hydrogen (secondary N) is 2. The molecular weight excluding hydrogens is 278 g/mol. The molecule has 2 N–H and O–H groups in total. The molecule has 0 spiro atoms. The molecule has 1 aliphatic carbocycles. The Morgan fingerprint density at radius 1 is 1.38 bits per heavy atom. The Labute approximate surface area is 122 Å². The molecule has 116 valence electrons. The molecule has 1 aromatic rings. The first-order chi connectivity index (χ1) is 10.1. The van der Waals surface area contributed by atoms with Crippen molar-refractivity contribution in [3.63, 3.8) is 0 Å². The lowest BCUT2D eigenvalue weighted by Gasteiger charge is -2.09. The molecule has 0 radical (unpaired) electrons. The molecule has 1 fully saturated rings. The number of hydrogen-bond acceptors (Lipinski definition) is 3. The molecule has 1 aliphatic rings. The number of rotatable bonds is 9. The van der Waals surface area contributed by atoms with Crippen LogP contribution >= 0.6 is 0 Å². The number of halogens is 2. The van der Waals surface area contributed by atoms with Crippen LogP contribution in [0.2, 0.25) is 0 Å². The lowest BCUT2D eigenvalue weighted by Crippen LogP contribution is -2.34. The Morgan fingerprint density at radius 3 is 2.90 bits per heavy atom. The van der Waals surface area contributed by atoms with Gasteiger partial charge in [0, 0.05) is 6.54 Å². The maximum absolute atomic E-state index is 12.1. The van der Waals surface area contributed by atoms with Crippen LogP contribution in [-0.4, -0.2) is 32.0 Å². The topological polar surface area (TPSA) is 50.4 Å². The van der Waals surface area contributed by atoms with Crippen molar-refractivity contribution < 1.29 is 18.3 Å². The van der Waals surface area contributed by atoms with Crippen molar-refractivity contribution in [2.45, 2.75) is 25.8 Å². The molecule has 0 unspecified atom stereocenters. The first-order valence-corrected chi connectivity index (χ1v) is 7.11. The van der Waals surface area contributed by atoms with Crippen molar-refractivity contribution in [3.8, 4) is 5.75 Å². The molecule has 0 heterocycles. The second kappa shape index (κ2) is 7.93. The van der Waals surface area contributed by atoms with Crippen LogP contribution in [0.25, 0.3) is 0 Å². The number of ether oxygens (including phenoxy) is 1. The summed E-state index contributed by atoms with van der Waals surface area (Å²) in [6.07, 6.45) is 0.00552. The third-order valence-electron chi connectivity index (χ3n) is 3.18. The zero-order valence-corrected chi connectivity index (χ0v) is 11.8. The molecular formula is C15H20F2N2O2. The van der Waals surface area contributed by atoms with Gasteiger partial charge in [0.2, 0.25) is 5.91 Å². The van der Waals surface area contributed by atoms with Gasteiger partial charge in [0.05, 0.1) is 6.54 Å². The Balaban J connectivity index is 1.68. The fourth-order valence-corrected chi connectivity index (χ4v) is 1.88. The molecule has 21 heavy (non-hydrogen) atoms. The van der Waals surface area contributed by atoms with Gasteiger partial charge in [-0.3, -0.25) is 4.79 Å². The SMILES string of the molecule is O=C(CNCC1CC1)NCc1cccc(OCC(F)F)c1. The Morgan fingerprint density at radius 2 is 2.19 bits per heavy atom. The maximum atomic E-state index is 12.1. The molecule has 0 bridgehead atoms. The predicted molar refractivity (Wildman–Crippen MR) is 75.4 cm³/mol. The summed E-state index contributed by atoms with van der Waals surface area (Å²) in [6, 6.07) is 6.80. The minimum atomic E-state index is -2.49. The molecule has 1 aromatic carbocycles. The number of carbonyl (C=O) groups excluding carboxylic acids is 1. The first kappa shape index (κ1) is 15.7. The normalized spacial score (nSPS) is 14.2. The van der Waals surface area contributed by atoms with Gasteiger partial charge in [-0.2, -0.15) is 0 Å². The molecule has 1 amide bonds. The number of carbonyl (C=O) groups is 1. The summed E-state index contributed by atoms with van der Waals surface area (Å²) >= 11 is 0. The minimum absolute atomic E-state index is 0.0745. The summed E-state index contributed by atoms with van der Waals surface area (Å²) in [6.45, 7) is 0.930. The van der Waals surface area contributed by atoms with E-state index >= 15 is 0 Å². The number of benzene rings is 1. The van der Waals surface area contributed by atoms with Gasteiger partial charge in [0.25, 0.3) is 6.43 Å². The van der Waals surface area contributed by atoms with Crippen molar-refractivity contribution in [1.82, 2.24) is 10.6 Å². The second-order valence-electron chi connectivity index (χ2n) is 5.20. The number of alkyl halides is 2. The Kier molecular flexibility index (Phi) is 5.92. The second-order valence-corrected chi connectivity index (χ2v) is 5.20. The highest BCUT2D eigenvalue weighted by Crippen LogP contribution is 2.27. The molecule has 1 saturated carbocycles. The molecule has 0 aliphatic heterocycles. The monoisotopic (exact) mass is 298 g/mol. The number of hydrogen-bond donors (Lipinski definition) is 2. The van der Waals surface area contributed by atoms with E-state index < -0.39 is 13.0 Å². The minimum Gasteiger partial charge on any atom is -0.488 e. The zero-order chi connectivity index (χ0) is 15.1. The first-order valence-electron chi connectivity index (χ1n) is 7.11. The highest BCUT2D eigenvalue weighted by atomic mass is 19.3. The van der Waals surface area contributed by atoms with Crippen LogP contribution in [-0.2, 0) is 11.3 Å². The summed E-state index contributed by atoms with van der Waals surface area (Å²) in [7, 11) is 0. The van der Waals surface area contributed by atoms with Crippen molar-refractivity contribution in [2.24, 2.45) is 5.92 Å². The van der Waals surface area contributed by atoms with Crippen LogP contribution < -0.4 is 15.4 Å². The van der Waals surface area contributed by atoms with Crippen LogP contribution in [0.15, 0.2) is 24.3 Å². The van der Waals surface area contributed by atoms with Crippen LogP contribution in [0.4, 0.5) is 8.78 Å². The van der Waals surface area contributed by atoms with Crippen molar-refractivity contribution in [3.05, 3.63) is 29.8 Å². The number of amides is 1. The smallest absolute Gasteiger partial charge is 0.272 e. The van der Waals surface area contributed by atoms with E-state index in [9.17, 15) is 13.6 Å². The Bertz CT molecular complexity index is 465. The van der Waals surface area contributed by atoms with E-state index in [-0.39, 0.29) is 5.91 Å². The molecule has 4 nitrogen and oxygen atoms in total. The van der Waals surface area contributed by atoms with Gasteiger partial charge in [0.15, 0.2) is 0 Å². The third kappa shape index (κ3) is 6.53. The van der Waals surface area contributed by atoms with Gasteiger partial charge < -0.3 is 15.4 Å². The molecule has 0 atom stereocenters. The molecule has 0 aromatic heterocycles. The quantitative estimate of drug-likeness (QED) is 0.732. The maximum Gasteiger partial charge on any atom is 0.272 e. The van der Waals surface area contributed by atoms with Crippen molar-refractivity contribution in [1.29, 1.82) is 0 Å². The highest BCUT2D eigenvalue weighted by Gasteiger charge is 2.20. The van der Waals surface area contributed by atoms with Crippen LogP contribution in [0.1, 0.15) is 18.4 Å². The molecule has 0 saturated heterocycles.